The molecule has 1 saturated heterocycles. The molecule has 1 aliphatic carbocycles. The van der Waals surface area contributed by atoms with Crippen LogP contribution in [0.15, 0.2) is 0 Å². The number of carbonyl (C=O) groups excluding carboxylic acids is 1. The van der Waals surface area contributed by atoms with Crippen LogP contribution in [-0.2, 0) is 18.4 Å². The van der Waals surface area contributed by atoms with Crippen molar-refractivity contribution < 1.29 is 4.79 Å². The van der Waals surface area contributed by atoms with Crippen molar-refractivity contribution in [1.82, 2.24) is 25.0 Å². The summed E-state index contributed by atoms with van der Waals surface area (Å²) in [5, 5.41) is 11.5. The van der Waals surface area contributed by atoms with E-state index in [9.17, 15) is 4.79 Å². The molecule has 0 spiro atoms. The first kappa shape index (κ1) is 15.5. The number of hydrogen-bond acceptors (Lipinski definition) is 4. The molecule has 2 heterocycles. The number of nitrogens with zero attached hydrogens (tertiary/aromatic N) is 4. The summed E-state index contributed by atoms with van der Waals surface area (Å²) in [4.78, 5) is 14.4. The third-order valence-electron chi connectivity index (χ3n) is 5.22. The average molecular weight is 305 g/mol. The zero-order valence-corrected chi connectivity index (χ0v) is 13.7. The third-order valence-corrected chi connectivity index (χ3v) is 5.22. The molecule has 6 nitrogen and oxygen atoms in total. The minimum Gasteiger partial charge on any atom is -0.349 e. The van der Waals surface area contributed by atoms with Crippen LogP contribution in [-0.4, -0.2) is 45.7 Å². The Hall–Kier alpha value is -1.43. The standard InChI is InChI=1S/C16H27N5O/c1-20-8-6-12(7-9-20)10-15(22)17-11-14-18-19-16(21(14)2)13-4-3-5-13/h12-13H,3-11H2,1-2H3,(H,17,22). The highest BCUT2D eigenvalue weighted by molar-refractivity contribution is 5.76. The lowest BCUT2D eigenvalue weighted by Gasteiger charge is -2.28. The van der Waals surface area contributed by atoms with Crippen LogP contribution in [0.4, 0.5) is 0 Å². The van der Waals surface area contributed by atoms with Gasteiger partial charge in [0.15, 0.2) is 5.82 Å². The number of rotatable bonds is 5. The zero-order chi connectivity index (χ0) is 15.5. The Bertz CT molecular complexity index is 515. The van der Waals surface area contributed by atoms with Crippen molar-refractivity contribution in [1.29, 1.82) is 0 Å². The number of aromatic nitrogens is 3. The normalized spacial score (nSPS) is 20.8. The van der Waals surface area contributed by atoms with Crippen molar-refractivity contribution in [2.24, 2.45) is 13.0 Å². The van der Waals surface area contributed by atoms with Gasteiger partial charge in [0.05, 0.1) is 6.54 Å². The van der Waals surface area contributed by atoms with Gasteiger partial charge in [-0.05, 0) is 51.7 Å². The molecular formula is C16H27N5O. The van der Waals surface area contributed by atoms with E-state index in [-0.39, 0.29) is 5.91 Å². The molecule has 1 amide bonds. The van der Waals surface area contributed by atoms with Crippen molar-refractivity contribution >= 4 is 5.91 Å². The van der Waals surface area contributed by atoms with Gasteiger partial charge in [0.2, 0.25) is 5.91 Å². The Kier molecular flexibility index (Phi) is 4.76. The maximum atomic E-state index is 12.1. The first-order valence-electron chi connectivity index (χ1n) is 8.47. The lowest BCUT2D eigenvalue weighted by molar-refractivity contribution is -0.122. The number of hydrogen-bond donors (Lipinski definition) is 1. The van der Waals surface area contributed by atoms with E-state index in [1.807, 2.05) is 7.05 Å². The molecule has 2 fully saturated rings. The second-order valence-corrected chi connectivity index (χ2v) is 6.89. The monoisotopic (exact) mass is 305 g/mol. The highest BCUT2D eigenvalue weighted by Gasteiger charge is 2.25. The van der Waals surface area contributed by atoms with Crippen LogP contribution in [0, 0.1) is 5.92 Å². The average Bonchev–Trinajstić information content (AvgIpc) is 2.79. The fourth-order valence-electron chi connectivity index (χ4n) is 3.33. The number of likely N-dealkylation sites (tertiary alicyclic amines) is 1. The van der Waals surface area contributed by atoms with Gasteiger partial charge in [0.1, 0.15) is 5.82 Å². The maximum Gasteiger partial charge on any atom is 0.220 e. The summed E-state index contributed by atoms with van der Waals surface area (Å²) in [5.41, 5.74) is 0. The Labute approximate surface area is 132 Å². The summed E-state index contributed by atoms with van der Waals surface area (Å²) < 4.78 is 2.06. The summed E-state index contributed by atoms with van der Waals surface area (Å²) in [5.74, 6) is 3.18. The van der Waals surface area contributed by atoms with E-state index in [0.29, 0.717) is 24.8 Å². The maximum absolute atomic E-state index is 12.1. The van der Waals surface area contributed by atoms with Crippen molar-refractivity contribution in [2.75, 3.05) is 20.1 Å². The number of piperidine rings is 1. The van der Waals surface area contributed by atoms with E-state index in [2.05, 4.69) is 32.0 Å². The largest absolute Gasteiger partial charge is 0.349 e. The molecule has 6 heteroatoms. The topological polar surface area (TPSA) is 63.1 Å². The van der Waals surface area contributed by atoms with Gasteiger partial charge in [-0.2, -0.15) is 0 Å². The fourth-order valence-corrected chi connectivity index (χ4v) is 3.33. The van der Waals surface area contributed by atoms with E-state index >= 15 is 0 Å². The lowest BCUT2D eigenvalue weighted by Crippen LogP contribution is -2.33. The molecule has 2 aliphatic rings. The van der Waals surface area contributed by atoms with Crippen LogP contribution in [0.3, 0.4) is 0 Å². The van der Waals surface area contributed by atoms with E-state index in [1.165, 1.54) is 19.3 Å². The highest BCUT2D eigenvalue weighted by Crippen LogP contribution is 2.35. The SMILES string of the molecule is CN1CCC(CC(=O)NCc2nnc(C3CCC3)n2C)CC1. The molecule has 0 bridgehead atoms. The summed E-state index contributed by atoms with van der Waals surface area (Å²) in [6, 6.07) is 0. The molecule has 22 heavy (non-hydrogen) atoms. The number of nitrogens with one attached hydrogen (secondary N) is 1. The number of amides is 1. The lowest BCUT2D eigenvalue weighted by atomic mass is 9.85. The van der Waals surface area contributed by atoms with Gasteiger partial charge in [-0.3, -0.25) is 4.79 Å². The Morgan fingerprint density at radius 2 is 1.91 bits per heavy atom. The second kappa shape index (κ2) is 6.77. The van der Waals surface area contributed by atoms with E-state index < -0.39 is 0 Å². The van der Waals surface area contributed by atoms with Gasteiger partial charge in [-0.1, -0.05) is 6.42 Å². The van der Waals surface area contributed by atoms with Crippen LogP contribution < -0.4 is 5.32 Å². The molecule has 0 radical (unpaired) electrons. The molecule has 122 valence electrons. The van der Waals surface area contributed by atoms with Crippen molar-refractivity contribution in [3.05, 3.63) is 11.6 Å². The molecule has 0 atom stereocenters. The quantitative estimate of drug-likeness (QED) is 0.894. The molecule has 1 saturated carbocycles. The first-order chi connectivity index (χ1) is 10.6. The summed E-state index contributed by atoms with van der Waals surface area (Å²) in [6.45, 7) is 2.69. The molecule has 0 aromatic carbocycles. The van der Waals surface area contributed by atoms with E-state index in [0.717, 1.165) is 37.6 Å². The Morgan fingerprint density at radius 3 is 2.55 bits per heavy atom. The Balaban J connectivity index is 1.45. The Morgan fingerprint density at radius 1 is 1.18 bits per heavy atom. The van der Waals surface area contributed by atoms with Gasteiger partial charge in [0.25, 0.3) is 0 Å². The van der Waals surface area contributed by atoms with Crippen LogP contribution in [0.1, 0.15) is 56.1 Å². The molecule has 3 rings (SSSR count). The molecule has 1 aromatic rings. The predicted octanol–water partition coefficient (Wildman–Crippen LogP) is 1.43. The van der Waals surface area contributed by atoms with Gasteiger partial charge < -0.3 is 14.8 Å². The smallest absolute Gasteiger partial charge is 0.220 e. The highest BCUT2D eigenvalue weighted by atomic mass is 16.1. The summed E-state index contributed by atoms with van der Waals surface area (Å²) in [6.07, 6.45) is 6.61. The van der Waals surface area contributed by atoms with Crippen molar-refractivity contribution in [3.63, 3.8) is 0 Å². The van der Waals surface area contributed by atoms with Crippen LogP contribution in [0.2, 0.25) is 0 Å². The fraction of sp³-hybridized carbons (Fsp3) is 0.812. The summed E-state index contributed by atoms with van der Waals surface area (Å²) >= 11 is 0. The second-order valence-electron chi connectivity index (χ2n) is 6.89. The minimum atomic E-state index is 0.141. The van der Waals surface area contributed by atoms with Gasteiger partial charge in [-0.25, -0.2) is 0 Å². The van der Waals surface area contributed by atoms with Crippen LogP contribution >= 0.6 is 0 Å². The minimum absolute atomic E-state index is 0.141. The molecule has 0 unspecified atom stereocenters. The molecular weight excluding hydrogens is 278 g/mol. The van der Waals surface area contributed by atoms with Crippen molar-refractivity contribution in [2.45, 2.75) is 51.0 Å². The third kappa shape index (κ3) is 3.48. The van der Waals surface area contributed by atoms with Gasteiger partial charge in [-0.15, -0.1) is 10.2 Å². The van der Waals surface area contributed by atoms with Crippen molar-refractivity contribution in [3.8, 4) is 0 Å². The molecule has 1 aliphatic heterocycles. The van der Waals surface area contributed by atoms with E-state index in [4.69, 9.17) is 0 Å². The van der Waals surface area contributed by atoms with Crippen LogP contribution in [0.5, 0.6) is 0 Å². The summed E-state index contributed by atoms with van der Waals surface area (Å²) in [7, 11) is 4.15. The first-order valence-corrected chi connectivity index (χ1v) is 8.47. The number of carbonyl (C=O) groups is 1. The predicted molar refractivity (Wildman–Crippen MR) is 84.3 cm³/mol. The van der Waals surface area contributed by atoms with Crippen LogP contribution in [0.25, 0.3) is 0 Å². The van der Waals surface area contributed by atoms with Gasteiger partial charge >= 0.3 is 0 Å². The molecule has 1 N–H and O–H groups in total. The zero-order valence-electron chi connectivity index (χ0n) is 13.7. The van der Waals surface area contributed by atoms with Gasteiger partial charge in [0, 0.05) is 19.4 Å². The molecule has 1 aromatic heterocycles. The van der Waals surface area contributed by atoms with E-state index in [1.54, 1.807) is 0 Å².